The van der Waals surface area contributed by atoms with Crippen molar-refractivity contribution in [2.45, 2.75) is 53.0 Å². The fraction of sp³-hybridized carbons (Fsp3) is 0.917. The molecule has 0 fully saturated rings. The second-order valence-corrected chi connectivity index (χ2v) is 4.50. The van der Waals surface area contributed by atoms with Gasteiger partial charge in [0.05, 0.1) is 5.41 Å². The fourth-order valence-electron chi connectivity index (χ4n) is 1.81. The van der Waals surface area contributed by atoms with Crippen molar-refractivity contribution in [3.8, 4) is 0 Å². The molecule has 15 heavy (non-hydrogen) atoms. The van der Waals surface area contributed by atoms with Gasteiger partial charge >= 0.3 is 0 Å². The molecule has 0 bridgehead atoms. The Morgan fingerprint density at radius 2 is 1.80 bits per heavy atom. The van der Waals surface area contributed by atoms with Gasteiger partial charge in [0, 0.05) is 19.6 Å². The Balaban J connectivity index is 4.68. The smallest absolute Gasteiger partial charge is 0.229 e. The second-order valence-electron chi connectivity index (χ2n) is 4.50. The van der Waals surface area contributed by atoms with Gasteiger partial charge < -0.3 is 10.6 Å². The van der Waals surface area contributed by atoms with Gasteiger partial charge in [-0.15, -0.1) is 0 Å². The summed E-state index contributed by atoms with van der Waals surface area (Å²) >= 11 is 0. The SMILES string of the molecule is CCC(CC)N(C)C(=O)C(C)(CC)CN. The van der Waals surface area contributed by atoms with Gasteiger partial charge in [-0.1, -0.05) is 20.8 Å². The van der Waals surface area contributed by atoms with E-state index in [-0.39, 0.29) is 5.91 Å². The first-order valence-electron chi connectivity index (χ1n) is 5.94. The second kappa shape index (κ2) is 6.11. The number of carbonyl (C=O) groups is 1. The zero-order valence-electron chi connectivity index (χ0n) is 10.8. The summed E-state index contributed by atoms with van der Waals surface area (Å²) in [5.74, 6) is 0.182. The number of hydrogen-bond acceptors (Lipinski definition) is 2. The lowest BCUT2D eigenvalue weighted by Gasteiger charge is -2.35. The molecule has 0 aromatic rings. The van der Waals surface area contributed by atoms with Crippen LogP contribution in [0.15, 0.2) is 0 Å². The molecule has 0 aromatic carbocycles. The Morgan fingerprint density at radius 1 is 1.33 bits per heavy atom. The standard InChI is InChI=1S/C12H26N2O/c1-6-10(7-2)14(5)11(15)12(4,8-3)9-13/h10H,6-9,13H2,1-5H3. The number of amides is 1. The van der Waals surface area contributed by atoms with Crippen LogP contribution in [0.2, 0.25) is 0 Å². The number of carbonyl (C=O) groups excluding carboxylic acids is 1. The van der Waals surface area contributed by atoms with Crippen molar-refractivity contribution >= 4 is 5.91 Å². The molecule has 0 heterocycles. The van der Waals surface area contributed by atoms with Crippen LogP contribution in [0.1, 0.15) is 47.0 Å². The van der Waals surface area contributed by atoms with Crippen molar-refractivity contribution in [3.05, 3.63) is 0 Å². The molecule has 1 unspecified atom stereocenters. The van der Waals surface area contributed by atoms with Crippen molar-refractivity contribution in [1.29, 1.82) is 0 Å². The Kier molecular flexibility index (Phi) is 5.88. The zero-order valence-corrected chi connectivity index (χ0v) is 10.8. The molecular weight excluding hydrogens is 188 g/mol. The van der Waals surface area contributed by atoms with E-state index in [2.05, 4.69) is 13.8 Å². The average Bonchev–Trinajstić information content (AvgIpc) is 2.28. The van der Waals surface area contributed by atoms with E-state index in [4.69, 9.17) is 5.73 Å². The molecule has 0 aliphatic rings. The Hall–Kier alpha value is -0.570. The number of hydrogen-bond donors (Lipinski definition) is 1. The first-order chi connectivity index (χ1) is 6.96. The average molecular weight is 214 g/mol. The van der Waals surface area contributed by atoms with Crippen molar-refractivity contribution in [1.82, 2.24) is 4.90 Å². The van der Waals surface area contributed by atoms with Crippen molar-refractivity contribution in [3.63, 3.8) is 0 Å². The van der Waals surface area contributed by atoms with Crippen LogP contribution in [0.5, 0.6) is 0 Å². The molecule has 0 aromatic heterocycles. The minimum absolute atomic E-state index is 0.182. The van der Waals surface area contributed by atoms with Gasteiger partial charge in [0.25, 0.3) is 0 Å². The van der Waals surface area contributed by atoms with Crippen LogP contribution in [0.4, 0.5) is 0 Å². The van der Waals surface area contributed by atoms with Gasteiger partial charge in [-0.25, -0.2) is 0 Å². The zero-order chi connectivity index (χ0) is 12.1. The van der Waals surface area contributed by atoms with Crippen LogP contribution < -0.4 is 5.73 Å². The summed E-state index contributed by atoms with van der Waals surface area (Å²) in [6.45, 7) is 8.62. The Morgan fingerprint density at radius 3 is 2.07 bits per heavy atom. The normalized spacial score (nSPS) is 15.1. The van der Waals surface area contributed by atoms with Gasteiger partial charge in [-0.2, -0.15) is 0 Å². The minimum Gasteiger partial charge on any atom is -0.342 e. The van der Waals surface area contributed by atoms with Crippen LogP contribution in [-0.4, -0.2) is 30.4 Å². The van der Waals surface area contributed by atoms with E-state index < -0.39 is 5.41 Å². The molecule has 0 aliphatic carbocycles. The molecule has 0 aliphatic heterocycles. The number of nitrogens with zero attached hydrogens (tertiary/aromatic N) is 1. The summed E-state index contributed by atoms with van der Waals surface area (Å²) < 4.78 is 0. The highest BCUT2D eigenvalue weighted by molar-refractivity contribution is 5.82. The van der Waals surface area contributed by atoms with E-state index in [1.165, 1.54) is 0 Å². The summed E-state index contributed by atoms with van der Waals surface area (Å²) in [7, 11) is 1.89. The molecule has 0 saturated carbocycles. The maximum Gasteiger partial charge on any atom is 0.229 e. The first-order valence-corrected chi connectivity index (χ1v) is 5.94. The molecule has 3 nitrogen and oxygen atoms in total. The third-order valence-electron chi connectivity index (χ3n) is 3.56. The number of rotatable bonds is 6. The van der Waals surface area contributed by atoms with Crippen LogP contribution >= 0.6 is 0 Å². The summed E-state index contributed by atoms with van der Waals surface area (Å²) in [6.07, 6.45) is 2.80. The van der Waals surface area contributed by atoms with E-state index in [0.717, 1.165) is 19.3 Å². The molecule has 0 saturated heterocycles. The largest absolute Gasteiger partial charge is 0.342 e. The van der Waals surface area contributed by atoms with E-state index in [9.17, 15) is 4.79 Å². The van der Waals surface area contributed by atoms with E-state index in [1.54, 1.807) is 0 Å². The molecule has 90 valence electrons. The topological polar surface area (TPSA) is 46.3 Å². The highest BCUT2D eigenvalue weighted by atomic mass is 16.2. The summed E-state index contributed by atoms with van der Waals surface area (Å²) in [6, 6.07) is 0.343. The summed E-state index contributed by atoms with van der Waals surface area (Å²) in [5.41, 5.74) is 5.30. The van der Waals surface area contributed by atoms with Gasteiger partial charge in [0.15, 0.2) is 0 Å². The monoisotopic (exact) mass is 214 g/mol. The van der Waals surface area contributed by atoms with Gasteiger partial charge in [0.1, 0.15) is 0 Å². The maximum absolute atomic E-state index is 12.2. The van der Waals surface area contributed by atoms with E-state index in [1.807, 2.05) is 25.8 Å². The lowest BCUT2D eigenvalue weighted by Crippen LogP contribution is -2.48. The molecule has 2 N–H and O–H groups in total. The highest BCUT2D eigenvalue weighted by Crippen LogP contribution is 2.24. The van der Waals surface area contributed by atoms with Crippen molar-refractivity contribution in [2.75, 3.05) is 13.6 Å². The minimum atomic E-state index is -0.392. The van der Waals surface area contributed by atoms with E-state index >= 15 is 0 Å². The van der Waals surface area contributed by atoms with E-state index in [0.29, 0.717) is 12.6 Å². The van der Waals surface area contributed by atoms with Crippen LogP contribution in [0, 0.1) is 5.41 Å². The Bertz CT molecular complexity index is 196. The Labute approximate surface area is 94.0 Å². The van der Waals surface area contributed by atoms with Crippen LogP contribution in [0.25, 0.3) is 0 Å². The molecule has 0 spiro atoms. The molecule has 0 radical (unpaired) electrons. The van der Waals surface area contributed by atoms with Crippen LogP contribution in [-0.2, 0) is 4.79 Å². The molecule has 3 heteroatoms. The third-order valence-corrected chi connectivity index (χ3v) is 3.56. The summed E-state index contributed by atoms with van der Waals surface area (Å²) in [4.78, 5) is 14.1. The van der Waals surface area contributed by atoms with Gasteiger partial charge in [0.2, 0.25) is 5.91 Å². The fourth-order valence-corrected chi connectivity index (χ4v) is 1.81. The quantitative estimate of drug-likeness (QED) is 0.735. The van der Waals surface area contributed by atoms with Crippen molar-refractivity contribution in [2.24, 2.45) is 11.1 Å². The summed E-state index contributed by atoms with van der Waals surface area (Å²) in [5, 5.41) is 0. The molecule has 1 atom stereocenters. The first kappa shape index (κ1) is 14.4. The van der Waals surface area contributed by atoms with Crippen LogP contribution in [0.3, 0.4) is 0 Å². The van der Waals surface area contributed by atoms with Gasteiger partial charge in [-0.3, -0.25) is 4.79 Å². The molecule has 1 amide bonds. The molecule has 0 rings (SSSR count). The maximum atomic E-state index is 12.2. The molecular formula is C12H26N2O. The predicted molar refractivity (Wildman–Crippen MR) is 64.6 cm³/mol. The third kappa shape index (κ3) is 3.20. The number of nitrogens with two attached hydrogens (primary N) is 1. The lowest BCUT2D eigenvalue weighted by molar-refractivity contribution is -0.141. The predicted octanol–water partition coefficient (Wildman–Crippen LogP) is 2.01. The van der Waals surface area contributed by atoms with Gasteiger partial charge in [-0.05, 0) is 26.2 Å². The van der Waals surface area contributed by atoms with Crippen molar-refractivity contribution < 1.29 is 4.79 Å². The lowest BCUT2D eigenvalue weighted by atomic mass is 9.85. The highest BCUT2D eigenvalue weighted by Gasteiger charge is 2.33.